The van der Waals surface area contributed by atoms with Crippen LogP contribution >= 0.6 is 74.5 Å². The van der Waals surface area contributed by atoms with E-state index in [1.54, 1.807) is 0 Å². The molecule has 0 saturated heterocycles. The summed E-state index contributed by atoms with van der Waals surface area (Å²) in [6.45, 7) is 0. The first-order valence-corrected chi connectivity index (χ1v) is 10.2. The molecule has 0 heterocycles. The van der Waals surface area contributed by atoms with Crippen molar-refractivity contribution in [3.05, 3.63) is 0 Å². The van der Waals surface area contributed by atoms with Crippen LogP contribution in [0.5, 0.6) is 0 Å². The second-order valence-corrected chi connectivity index (χ2v) is 7.27. The Bertz CT molecular complexity index is 271. The minimum atomic E-state index is -4.23. The van der Waals surface area contributed by atoms with Gasteiger partial charge in [-0.2, -0.15) is 0 Å². The van der Waals surface area contributed by atoms with E-state index in [4.69, 9.17) is 43.9 Å². The largest absolute Gasteiger partial charge is 0.472 e. The first kappa shape index (κ1) is 19.9. The van der Waals surface area contributed by atoms with Gasteiger partial charge in [-0.15, -0.1) is 34.8 Å². The summed E-state index contributed by atoms with van der Waals surface area (Å²) in [4.78, 5) is 9.57. The predicted molar refractivity (Wildman–Crippen MR) is 82.9 cm³/mol. The van der Waals surface area contributed by atoms with Crippen molar-refractivity contribution in [3.63, 3.8) is 0 Å². The molecule has 0 spiro atoms. The maximum Gasteiger partial charge on any atom is 0.472 e. The van der Waals surface area contributed by atoms with E-state index < -0.39 is 25.4 Å². The van der Waals surface area contributed by atoms with Gasteiger partial charge in [-0.05, 0) is 6.42 Å². The van der Waals surface area contributed by atoms with Crippen LogP contribution in [0.2, 0.25) is 0 Å². The van der Waals surface area contributed by atoms with Gasteiger partial charge in [0.25, 0.3) is 0 Å². The van der Waals surface area contributed by atoms with Crippen LogP contribution in [-0.4, -0.2) is 44.9 Å². The first-order valence-electron chi connectivity index (χ1n) is 4.97. The van der Waals surface area contributed by atoms with Gasteiger partial charge in [-0.25, -0.2) is 4.57 Å². The van der Waals surface area contributed by atoms with E-state index in [1.165, 1.54) is 0 Å². The fourth-order valence-electron chi connectivity index (χ4n) is 0.963. The summed E-state index contributed by atoms with van der Waals surface area (Å²) in [6, 6.07) is 0. The monoisotopic (exact) mass is 468 g/mol. The van der Waals surface area contributed by atoms with Crippen molar-refractivity contribution in [1.29, 1.82) is 0 Å². The van der Waals surface area contributed by atoms with E-state index in [2.05, 4.69) is 31.9 Å². The molecule has 0 aliphatic heterocycles. The molecule has 18 heavy (non-hydrogen) atoms. The van der Waals surface area contributed by atoms with E-state index in [9.17, 15) is 9.46 Å². The molecule has 0 aromatic heterocycles. The topological polar surface area (TPSA) is 55.8 Å². The minimum absolute atomic E-state index is 0.00503. The average molecular weight is 471 g/mol. The van der Waals surface area contributed by atoms with Gasteiger partial charge in [-0.3, -0.25) is 9.05 Å². The molecular weight excluding hydrogens is 457 g/mol. The van der Waals surface area contributed by atoms with Crippen LogP contribution in [0.15, 0.2) is 0 Å². The van der Waals surface area contributed by atoms with Crippen molar-refractivity contribution in [2.45, 2.75) is 24.0 Å². The highest BCUT2D eigenvalue weighted by Gasteiger charge is 2.32. The Kier molecular flexibility index (Phi) is 11.8. The number of hydrogen-bond donors (Lipinski definition) is 1. The summed E-state index contributed by atoms with van der Waals surface area (Å²) < 4.78 is 21.6. The quantitative estimate of drug-likeness (QED) is 0.385. The van der Waals surface area contributed by atoms with E-state index >= 15 is 0 Å². The van der Waals surface area contributed by atoms with Crippen LogP contribution in [0.1, 0.15) is 6.42 Å². The number of phosphoric acid groups is 1. The lowest BCUT2D eigenvalue weighted by atomic mass is 10.2. The fourth-order valence-corrected chi connectivity index (χ4v) is 4.73. The summed E-state index contributed by atoms with van der Waals surface area (Å²) in [7, 11) is -4.23. The number of rotatable bonds is 10. The van der Waals surface area contributed by atoms with Crippen LogP contribution in [0.25, 0.3) is 0 Å². The molecule has 0 aromatic carbocycles. The van der Waals surface area contributed by atoms with Gasteiger partial charge in [0.15, 0.2) is 0 Å². The Hall–Kier alpha value is 1.94. The normalized spacial score (nSPS) is 20.1. The minimum Gasteiger partial charge on any atom is -0.302 e. The van der Waals surface area contributed by atoms with Gasteiger partial charge < -0.3 is 4.89 Å². The Morgan fingerprint density at radius 3 is 2.22 bits per heavy atom. The van der Waals surface area contributed by atoms with Gasteiger partial charge >= 0.3 is 7.82 Å². The predicted octanol–water partition coefficient (Wildman–Crippen LogP) is 4.12. The Labute approximate surface area is 139 Å². The molecule has 4 nitrogen and oxygen atoms in total. The molecule has 0 saturated carbocycles. The second-order valence-electron chi connectivity index (χ2n) is 3.30. The second kappa shape index (κ2) is 10.6. The Balaban J connectivity index is 4.47. The highest BCUT2D eigenvalue weighted by atomic mass is 79.9. The zero-order valence-corrected chi connectivity index (χ0v) is 15.6. The highest BCUT2D eigenvalue weighted by Crippen LogP contribution is 2.47. The van der Waals surface area contributed by atoms with Crippen molar-refractivity contribution < 1.29 is 18.5 Å². The number of alkyl halides is 5. The molecule has 0 radical (unpaired) electrons. The third-order valence-corrected chi connectivity index (χ3v) is 5.26. The SMILES string of the molecule is O=P(O)(OC(CCl)CBr)OC(CCl)C(Cl)CCBr. The molecular formula is C8H14Br2Cl3O4P. The van der Waals surface area contributed by atoms with E-state index in [-0.39, 0.29) is 11.8 Å². The van der Waals surface area contributed by atoms with Gasteiger partial charge in [0.1, 0.15) is 0 Å². The van der Waals surface area contributed by atoms with Gasteiger partial charge in [0.05, 0.1) is 29.3 Å². The maximum atomic E-state index is 11.7. The van der Waals surface area contributed by atoms with E-state index in [0.29, 0.717) is 17.1 Å². The molecule has 4 unspecified atom stereocenters. The van der Waals surface area contributed by atoms with Gasteiger partial charge in [-0.1, -0.05) is 31.9 Å². The summed E-state index contributed by atoms with van der Waals surface area (Å²) >= 11 is 23.5. The van der Waals surface area contributed by atoms with E-state index in [0.717, 1.165) is 0 Å². The lowest BCUT2D eigenvalue weighted by molar-refractivity contribution is 0.0936. The summed E-state index contributed by atoms with van der Waals surface area (Å²) in [5.74, 6) is 0.0608. The van der Waals surface area contributed by atoms with Crippen LogP contribution in [0.4, 0.5) is 0 Å². The van der Waals surface area contributed by atoms with Crippen molar-refractivity contribution in [2.24, 2.45) is 0 Å². The maximum absolute atomic E-state index is 11.7. The first-order chi connectivity index (χ1) is 8.40. The van der Waals surface area contributed by atoms with Crippen molar-refractivity contribution in [3.8, 4) is 0 Å². The van der Waals surface area contributed by atoms with Crippen LogP contribution in [0.3, 0.4) is 0 Å². The molecule has 0 rings (SSSR count). The fraction of sp³-hybridized carbons (Fsp3) is 1.00. The van der Waals surface area contributed by atoms with Crippen LogP contribution < -0.4 is 0 Å². The Morgan fingerprint density at radius 1 is 1.22 bits per heavy atom. The number of halogens is 5. The third-order valence-electron chi connectivity index (χ3n) is 1.84. The standard InChI is InChI=1S/C8H14Br2Cl3O4P/c9-2-1-7(13)8(5-12)17-18(14,15)16-6(3-10)4-11/h6-8H,1-5H2,(H,14,15). The van der Waals surface area contributed by atoms with Gasteiger partial charge in [0, 0.05) is 10.7 Å². The molecule has 0 fully saturated rings. The summed E-state index contributed by atoms with van der Waals surface area (Å²) in [5, 5.41) is 0.478. The molecule has 0 amide bonds. The lowest BCUT2D eigenvalue weighted by Gasteiger charge is -2.24. The zero-order valence-electron chi connectivity index (χ0n) is 9.28. The van der Waals surface area contributed by atoms with Crippen molar-refractivity contribution >= 4 is 74.5 Å². The van der Waals surface area contributed by atoms with Crippen LogP contribution in [0, 0.1) is 0 Å². The van der Waals surface area contributed by atoms with Crippen LogP contribution in [-0.2, 0) is 13.6 Å². The molecule has 0 aromatic rings. The molecule has 0 aliphatic rings. The van der Waals surface area contributed by atoms with Crippen molar-refractivity contribution in [2.75, 3.05) is 22.4 Å². The molecule has 1 N–H and O–H groups in total. The zero-order chi connectivity index (χ0) is 14.2. The number of hydrogen-bond acceptors (Lipinski definition) is 3. The molecule has 110 valence electrons. The molecule has 10 heteroatoms. The Morgan fingerprint density at radius 2 is 1.83 bits per heavy atom. The van der Waals surface area contributed by atoms with Crippen molar-refractivity contribution in [1.82, 2.24) is 0 Å². The highest BCUT2D eigenvalue weighted by molar-refractivity contribution is 9.09. The summed E-state index contributed by atoms with van der Waals surface area (Å²) in [6.07, 6.45) is -0.840. The van der Waals surface area contributed by atoms with E-state index in [1.807, 2.05) is 0 Å². The molecule has 0 aliphatic carbocycles. The molecule has 0 bridgehead atoms. The summed E-state index contributed by atoms with van der Waals surface area (Å²) in [5.41, 5.74) is 0. The van der Waals surface area contributed by atoms with Gasteiger partial charge in [0.2, 0.25) is 0 Å². The average Bonchev–Trinajstić information content (AvgIpc) is 2.33. The smallest absolute Gasteiger partial charge is 0.302 e. The molecule has 4 atom stereocenters. The number of phosphoric ester groups is 1. The lowest BCUT2D eigenvalue weighted by Crippen LogP contribution is -2.27. The third kappa shape index (κ3) is 8.28.